The number of ether oxygens (including phenoxy) is 2. The van der Waals surface area contributed by atoms with Crippen molar-refractivity contribution in [2.75, 3.05) is 45.9 Å². The summed E-state index contributed by atoms with van der Waals surface area (Å²) in [6.45, 7) is 7.13. The molecular formula is C18H26N2O5. The summed E-state index contributed by atoms with van der Waals surface area (Å²) >= 11 is 0. The summed E-state index contributed by atoms with van der Waals surface area (Å²) in [6, 6.07) is 6.72. The first-order valence-corrected chi connectivity index (χ1v) is 8.55. The van der Waals surface area contributed by atoms with E-state index in [0.717, 1.165) is 13.1 Å². The van der Waals surface area contributed by atoms with Gasteiger partial charge in [-0.05, 0) is 25.1 Å². The smallest absolute Gasteiger partial charge is 0.338 e. The van der Waals surface area contributed by atoms with Gasteiger partial charge in [0, 0.05) is 39.6 Å². The molecule has 1 amide bonds. The molecule has 138 valence electrons. The maximum absolute atomic E-state index is 11.7. The molecule has 2 rings (SSSR count). The van der Waals surface area contributed by atoms with E-state index in [1.165, 1.54) is 0 Å². The Hall–Kier alpha value is -2.12. The lowest BCUT2D eigenvalue weighted by Crippen LogP contribution is -2.50. The maximum Gasteiger partial charge on any atom is 0.338 e. The average molecular weight is 350 g/mol. The summed E-state index contributed by atoms with van der Waals surface area (Å²) in [5, 5.41) is 10.2. The fourth-order valence-corrected chi connectivity index (χ4v) is 2.72. The molecule has 1 aliphatic heterocycles. The Labute approximate surface area is 148 Å². The van der Waals surface area contributed by atoms with Crippen LogP contribution in [0.5, 0.6) is 5.75 Å². The van der Waals surface area contributed by atoms with E-state index < -0.39 is 12.1 Å². The highest BCUT2D eigenvalue weighted by molar-refractivity contribution is 5.89. The molecule has 1 aromatic carbocycles. The van der Waals surface area contributed by atoms with Gasteiger partial charge in [0.2, 0.25) is 5.91 Å². The second kappa shape index (κ2) is 9.39. The Morgan fingerprint density at radius 1 is 1.24 bits per heavy atom. The molecule has 7 nitrogen and oxygen atoms in total. The van der Waals surface area contributed by atoms with E-state index in [-0.39, 0.29) is 12.5 Å². The second-order valence-corrected chi connectivity index (χ2v) is 6.02. The molecule has 1 atom stereocenters. The normalized spacial score (nSPS) is 16.4. The molecule has 1 aromatic rings. The summed E-state index contributed by atoms with van der Waals surface area (Å²) < 4.78 is 10.5. The summed E-state index contributed by atoms with van der Waals surface area (Å²) in [5.41, 5.74) is 0.425. The standard InChI is InChI=1S/C18H26N2O5/c1-3-24-18(23)15-5-4-6-17(11-15)25-13-16(22)12-19-7-9-20(10-8-19)14(2)21/h4-6,11,16,22H,3,7-10,12-13H2,1-2H3. The third-order valence-electron chi connectivity index (χ3n) is 4.07. The predicted octanol–water partition coefficient (Wildman–Crippen LogP) is 0.767. The number of aliphatic hydroxyl groups excluding tert-OH is 1. The zero-order valence-corrected chi connectivity index (χ0v) is 14.8. The van der Waals surface area contributed by atoms with E-state index in [9.17, 15) is 14.7 Å². The van der Waals surface area contributed by atoms with Crippen molar-refractivity contribution in [2.24, 2.45) is 0 Å². The first kappa shape index (κ1) is 19.2. The third-order valence-corrected chi connectivity index (χ3v) is 4.07. The highest BCUT2D eigenvalue weighted by Crippen LogP contribution is 2.15. The van der Waals surface area contributed by atoms with Crippen molar-refractivity contribution in [3.05, 3.63) is 29.8 Å². The first-order chi connectivity index (χ1) is 12.0. The van der Waals surface area contributed by atoms with Crippen LogP contribution in [-0.2, 0) is 9.53 Å². The third kappa shape index (κ3) is 6.03. The van der Waals surface area contributed by atoms with Crippen molar-refractivity contribution >= 4 is 11.9 Å². The topological polar surface area (TPSA) is 79.3 Å². The number of hydrogen-bond donors (Lipinski definition) is 1. The van der Waals surface area contributed by atoms with Gasteiger partial charge in [-0.3, -0.25) is 9.69 Å². The molecular weight excluding hydrogens is 324 g/mol. The van der Waals surface area contributed by atoms with Gasteiger partial charge in [0.25, 0.3) is 0 Å². The van der Waals surface area contributed by atoms with Gasteiger partial charge < -0.3 is 19.5 Å². The Kier molecular flexibility index (Phi) is 7.21. The van der Waals surface area contributed by atoms with Gasteiger partial charge in [-0.25, -0.2) is 4.79 Å². The van der Waals surface area contributed by atoms with Crippen LogP contribution in [0.3, 0.4) is 0 Å². The molecule has 1 heterocycles. The van der Waals surface area contributed by atoms with Crippen LogP contribution < -0.4 is 4.74 Å². The van der Waals surface area contributed by atoms with Crippen LogP contribution in [-0.4, -0.2) is 78.8 Å². The second-order valence-electron chi connectivity index (χ2n) is 6.02. The van der Waals surface area contributed by atoms with Crippen molar-refractivity contribution in [1.29, 1.82) is 0 Å². The van der Waals surface area contributed by atoms with Gasteiger partial charge in [0.15, 0.2) is 0 Å². The van der Waals surface area contributed by atoms with Crippen LogP contribution in [0.25, 0.3) is 0 Å². The Morgan fingerprint density at radius 3 is 2.60 bits per heavy atom. The van der Waals surface area contributed by atoms with Crippen molar-refractivity contribution < 1.29 is 24.2 Å². The lowest BCUT2D eigenvalue weighted by atomic mass is 10.2. The largest absolute Gasteiger partial charge is 0.491 e. The minimum absolute atomic E-state index is 0.0880. The van der Waals surface area contributed by atoms with Gasteiger partial charge >= 0.3 is 5.97 Å². The lowest BCUT2D eigenvalue weighted by Gasteiger charge is -2.35. The molecule has 0 bridgehead atoms. The van der Waals surface area contributed by atoms with Gasteiger partial charge in [-0.15, -0.1) is 0 Å². The Balaban J connectivity index is 1.77. The molecule has 25 heavy (non-hydrogen) atoms. The molecule has 0 aromatic heterocycles. The molecule has 0 radical (unpaired) electrons. The van der Waals surface area contributed by atoms with Gasteiger partial charge in [0.1, 0.15) is 18.5 Å². The zero-order chi connectivity index (χ0) is 18.2. The molecule has 7 heteroatoms. The fraction of sp³-hybridized carbons (Fsp3) is 0.556. The average Bonchev–Trinajstić information content (AvgIpc) is 2.61. The van der Waals surface area contributed by atoms with Crippen LogP contribution in [0.1, 0.15) is 24.2 Å². The molecule has 1 aliphatic rings. The quantitative estimate of drug-likeness (QED) is 0.732. The number of nitrogens with zero attached hydrogens (tertiary/aromatic N) is 2. The monoisotopic (exact) mass is 350 g/mol. The summed E-state index contributed by atoms with van der Waals surface area (Å²) in [4.78, 5) is 26.9. The van der Waals surface area contributed by atoms with Crippen LogP contribution in [0.4, 0.5) is 0 Å². The molecule has 0 aliphatic carbocycles. The van der Waals surface area contributed by atoms with E-state index in [1.54, 1.807) is 43.0 Å². The first-order valence-electron chi connectivity index (χ1n) is 8.55. The molecule has 1 saturated heterocycles. The molecule has 1 fully saturated rings. The van der Waals surface area contributed by atoms with Gasteiger partial charge in [-0.1, -0.05) is 6.07 Å². The molecule has 1 unspecified atom stereocenters. The van der Waals surface area contributed by atoms with E-state index in [1.807, 2.05) is 0 Å². The van der Waals surface area contributed by atoms with Crippen LogP contribution in [0.15, 0.2) is 24.3 Å². The Bertz CT molecular complexity index is 585. The van der Waals surface area contributed by atoms with Gasteiger partial charge in [-0.2, -0.15) is 0 Å². The van der Waals surface area contributed by atoms with E-state index in [0.29, 0.717) is 37.6 Å². The van der Waals surface area contributed by atoms with Crippen LogP contribution >= 0.6 is 0 Å². The highest BCUT2D eigenvalue weighted by atomic mass is 16.5. The van der Waals surface area contributed by atoms with Gasteiger partial charge in [0.05, 0.1) is 12.2 Å². The minimum Gasteiger partial charge on any atom is -0.491 e. The number of β-amino-alcohol motifs (C(OH)–C–C–N with tert-alkyl or cyclic N) is 1. The van der Waals surface area contributed by atoms with Crippen molar-refractivity contribution in [1.82, 2.24) is 9.80 Å². The van der Waals surface area contributed by atoms with E-state index in [2.05, 4.69) is 4.90 Å². The molecule has 0 saturated carbocycles. The number of carbonyl (C=O) groups is 2. The molecule has 1 N–H and O–H groups in total. The number of esters is 1. The van der Waals surface area contributed by atoms with E-state index in [4.69, 9.17) is 9.47 Å². The highest BCUT2D eigenvalue weighted by Gasteiger charge is 2.20. The van der Waals surface area contributed by atoms with Crippen molar-refractivity contribution in [3.63, 3.8) is 0 Å². The maximum atomic E-state index is 11.7. The summed E-state index contributed by atoms with van der Waals surface area (Å²) in [6.07, 6.45) is -0.643. The Morgan fingerprint density at radius 2 is 1.96 bits per heavy atom. The molecule has 0 spiro atoms. The zero-order valence-electron chi connectivity index (χ0n) is 14.8. The van der Waals surface area contributed by atoms with Crippen LogP contribution in [0, 0.1) is 0 Å². The number of hydrogen-bond acceptors (Lipinski definition) is 6. The number of amides is 1. The summed E-state index contributed by atoms with van der Waals surface area (Å²) in [7, 11) is 0. The van der Waals surface area contributed by atoms with Crippen molar-refractivity contribution in [2.45, 2.75) is 20.0 Å². The van der Waals surface area contributed by atoms with Crippen molar-refractivity contribution in [3.8, 4) is 5.75 Å². The number of benzene rings is 1. The van der Waals surface area contributed by atoms with E-state index >= 15 is 0 Å². The van der Waals surface area contributed by atoms with Crippen LogP contribution in [0.2, 0.25) is 0 Å². The predicted molar refractivity (Wildman–Crippen MR) is 92.6 cm³/mol. The number of carbonyl (C=O) groups excluding carboxylic acids is 2. The number of rotatable bonds is 7. The number of piperazine rings is 1. The summed E-state index contributed by atoms with van der Waals surface area (Å²) in [5.74, 6) is 0.216. The fourth-order valence-electron chi connectivity index (χ4n) is 2.72. The number of aliphatic hydroxyl groups is 1. The lowest BCUT2D eigenvalue weighted by molar-refractivity contribution is -0.130. The minimum atomic E-state index is -0.643. The SMILES string of the molecule is CCOC(=O)c1cccc(OCC(O)CN2CCN(C(C)=O)CC2)c1.